The molecule has 0 heterocycles. The SMILES string of the molecule is Cc1ccc(Br)cc1.OB(O)c1ccccc1. The first-order valence-corrected chi connectivity index (χ1v) is 6.02. The van der Waals surface area contributed by atoms with E-state index in [0.29, 0.717) is 5.46 Å². The molecule has 2 nitrogen and oxygen atoms in total. The zero-order valence-corrected chi connectivity index (χ0v) is 11.1. The Hall–Kier alpha value is -1.10. The lowest BCUT2D eigenvalue weighted by Gasteiger charge is -1.94. The smallest absolute Gasteiger partial charge is 0.423 e. The van der Waals surface area contributed by atoms with E-state index in [-0.39, 0.29) is 0 Å². The van der Waals surface area contributed by atoms with Gasteiger partial charge >= 0.3 is 7.12 Å². The first-order chi connectivity index (χ1) is 8.09. The molecule has 0 aromatic heterocycles. The molecule has 2 aromatic carbocycles. The van der Waals surface area contributed by atoms with Gasteiger partial charge in [0.05, 0.1) is 0 Å². The second kappa shape index (κ2) is 7.27. The van der Waals surface area contributed by atoms with Crippen molar-refractivity contribution in [2.24, 2.45) is 0 Å². The summed E-state index contributed by atoms with van der Waals surface area (Å²) in [5.41, 5.74) is 1.82. The van der Waals surface area contributed by atoms with Gasteiger partial charge in [-0.25, -0.2) is 0 Å². The summed E-state index contributed by atoms with van der Waals surface area (Å²) < 4.78 is 1.14. The molecule has 0 aliphatic heterocycles. The Morgan fingerprint density at radius 1 is 0.882 bits per heavy atom. The molecule has 2 aromatic rings. The fourth-order valence-corrected chi connectivity index (χ4v) is 1.42. The Morgan fingerprint density at radius 3 is 1.76 bits per heavy atom. The maximum atomic E-state index is 8.58. The van der Waals surface area contributed by atoms with Gasteiger partial charge in [-0.1, -0.05) is 64.0 Å². The van der Waals surface area contributed by atoms with Crippen molar-refractivity contribution in [3.63, 3.8) is 0 Å². The second-order valence-electron chi connectivity index (χ2n) is 3.58. The van der Waals surface area contributed by atoms with Crippen molar-refractivity contribution in [3.8, 4) is 0 Å². The highest BCUT2D eigenvalue weighted by Crippen LogP contribution is 2.08. The van der Waals surface area contributed by atoms with Crippen LogP contribution in [0.1, 0.15) is 5.56 Å². The zero-order valence-electron chi connectivity index (χ0n) is 9.55. The molecule has 2 N–H and O–H groups in total. The van der Waals surface area contributed by atoms with Crippen LogP contribution >= 0.6 is 15.9 Å². The molecule has 0 radical (unpaired) electrons. The van der Waals surface area contributed by atoms with Crippen molar-refractivity contribution in [1.29, 1.82) is 0 Å². The summed E-state index contributed by atoms with van der Waals surface area (Å²) in [5, 5.41) is 17.2. The molecule has 0 aliphatic carbocycles. The van der Waals surface area contributed by atoms with E-state index in [9.17, 15) is 0 Å². The zero-order chi connectivity index (χ0) is 12.7. The van der Waals surface area contributed by atoms with Crippen LogP contribution in [0.5, 0.6) is 0 Å². The molecule has 17 heavy (non-hydrogen) atoms. The minimum atomic E-state index is -1.34. The van der Waals surface area contributed by atoms with Gasteiger partial charge in [-0.3, -0.25) is 0 Å². The molecule has 2 rings (SSSR count). The van der Waals surface area contributed by atoms with Crippen molar-refractivity contribution in [2.75, 3.05) is 0 Å². The van der Waals surface area contributed by atoms with Crippen LogP contribution in [-0.4, -0.2) is 17.2 Å². The maximum Gasteiger partial charge on any atom is 0.488 e. The van der Waals surface area contributed by atoms with Gasteiger partial charge in [0.15, 0.2) is 0 Å². The number of aryl methyl sites for hydroxylation is 1. The number of rotatable bonds is 1. The van der Waals surface area contributed by atoms with E-state index < -0.39 is 7.12 Å². The molecule has 0 amide bonds. The summed E-state index contributed by atoms with van der Waals surface area (Å²) >= 11 is 3.35. The predicted octanol–water partition coefficient (Wildman–Crippen LogP) is 2.12. The highest BCUT2D eigenvalue weighted by Gasteiger charge is 2.07. The first-order valence-electron chi connectivity index (χ1n) is 5.23. The Labute approximate surface area is 110 Å². The highest BCUT2D eigenvalue weighted by molar-refractivity contribution is 9.10. The van der Waals surface area contributed by atoms with E-state index in [1.807, 2.05) is 18.2 Å². The number of hydrogen-bond donors (Lipinski definition) is 2. The summed E-state index contributed by atoms with van der Waals surface area (Å²) in [4.78, 5) is 0. The average molecular weight is 293 g/mol. The molecule has 0 saturated heterocycles. The Balaban J connectivity index is 0.000000171. The molecule has 0 atom stereocenters. The van der Waals surface area contributed by atoms with E-state index >= 15 is 0 Å². The van der Waals surface area contributed by atoms with E-state index in [2.05, 4.69) is 35.0 Å². The topological polar surface area (TPSA) is 40.5 Å². The Bertz CT molecular complexity index is 408. The van der Waals surface area contributed by atoms with Crippen LogP contribution in [0.15, 0.2) is 59.1 Å². The third-order valence-corrected chi connectivity index (χ3v) is 2.64. The van der Waals surface area contributed by atoms with Gasteiger partial charge in [0.1, 0.15) is 0 Å². The Morgan fingerprint density at radius 2 is 1.41 bits per heavy atom. The quantitative estimate of drug-likeness (QED) is 0.791. The molecule has 0 spiro atoms. The lowest BCUT2D eigenvalue weighted by molar-refractivity contribution is 0.426. The summed E-state index contributed by atoms with van der Waals surface area (Å²) in [6, 6.07) is 16.9. The highest BCUT2D eigenvalue weighted by atomic mass is 79.9. The minimum Gasteiger partial charge on any atom is -0.423 e. The lowest BCUT2D eigenvalue weighted by atomic mass is 9.81. The molecule has 0 saturated carbocycles. The van der Waals surface area contributed by atoms with Crippen molar-refractivity contribution in [3.05, 3.63) is 64.6 Å². The van der Waals surface area contributed by atoms with Crippen molar-refractivity contribution < 1.29 is 10.0 Å². The van der Waals surface area contributed by atoms with Crippen LogP contribution in [-0.2, 0) is 0 Å². The van der Waals surface area contributed by atoms with Crippen LogP contribution in [0.3, 0.4) is 0 Å². The number of halogens is 1. The van der Waals surface area contributed by atoms with Crippen molar-refractivity contribution >= 4 is 28.5 Å². The molecular formula is C13H14BBrO2. The molecule has 0 bridgehead atoms. The average Bonchev–Trinajstić information content (AvgIpc) is 2.35. The van der Waals surface area contributed by atoms with Gasteiger partial charge in [0, 0.05) is 4.47 Å². The monoisotopic (exact) mass is 292 g/mol. The van der Waals surface area contributed by atoms with Crippen LogP contribution in [0, 0.1) is 6.92 Å². The first kappa shape index (κ1) is 14.0. The van der Waals surface area contributed by atoms with Gasteiger partial charge < -0.3 is 10.0 Å². The summed E-state index contributed by atoms with van der Waals surface area (Å²) in [6.07, 6.45) is 0. The predicted molar refractivity (Wildman–Crippen MR) is 75.1 cm³/mol. The fourth-order valence-electron chi connectivity index (χ4n) is 1.16. The van der Waals surface area contributed by atoms with E-state index in [1.165, 1.54) is 5.56 Å². The molecule has 4 heteroatoms. The van der Waals surface area contributed by atoms with Gasteiger partial charge in [-0.15, -0.1) is 0 Å². The van der Waals surface area contributed by atoms with Crippen LogP contribution in [0.2, 0.25) is 0 Å². The fraction of sp³-hybridized carbons (Fsp3) is 0.0769. The normalized spacial score (nSPS) is 9.18. The third-order valence-electron chi connectivity index (χ3n) is 2.11. The van der Waals surface area contributed by atoms with E-state index in [4.69, 9.17) is 10.0 Å². The van der Waals surface area contributed by atoms with Crippen LogP contribution in [0.25, 0.3) is 0 Å². The van der Waals surface area contributed by atoms with Crippen molar-refractivity contribution in [2.45, 2.75) is 6.92 Å². The molecule has 88 valence electrons. The van der Waals surface area contributed by atoms with E-state index in [1.54, 1.807) is 24.3 Å². The molecule has 0 unspecified atom stereocenters. The number of benzene rings is 2. The van der Waals surface area contributed by atoms with Gasteiger partial charge in [-0.05, 0) is 24.5 Å². The van der Waals surface area contributed by atoms with Gasteiger partial charge in [0.2, 0.25) is 0 Å². The summed E-state index contributed by atoms with van der Waals surface area (Å²) in [6.45, 7) is 2.08. The lowest BCUT2D eigenvalue weighted by Crippen LogP contribution is -2.29. The van der Waals surface area contributed by atoms with Crippen molar-refractivity contribution in [1.82, 2.24) is 0 Å². The molecule has 0 fully saturated rings. The standard InChI is InChI=1S/C7H7Br.C6H7BO2/c1-6-2-4-7(8)5-3-6;8-7(9)6-4-2-1-3-5-6/h2-5H,1H3;1-5,8-9H. The van der Waals surface area contributed by atoms with E-state index in [0.717, 1.165) is 4.47 Å². The summed E-state index contributed by atoms with van der Waals surface area (Å²) in [5.74, 6) is 0. The second-order valence-corrected chi connectivity index (χ2v) is 4.50. The molecule has 0 aliphatic rings. The third kappa shape index (κ3) is 5.68. The van der Waals surface area contributed by atoms with Crippen LogP contribution < -0.4 is 5.46 Å². The minimum absolute atomic E-state index is 0.525. The summed E-state index contributed by atoms with van der Waals surface area (Å²) in [7, 11) is -1.34. The number of hydrogen-bond acceptors (Lipinski definition) is 2. The van der Waals surface area contributed by atoms with Crippen LogP contribution in [0.4, 0.5) is 0 Å². The largest absolute Gasteiger partial charge is 0.488 e. The van der Waals surface area contributed by atoms with Gasteiger partial charge in [0.25, 0.3) is 0 Å². The Kier molecular flexibility index (Phi) is 5.98. The molecular weight excluding hydrogens is 279 g/mol. The maximum absolute atomic E-state index is 8.58. The van der Waals surface area contributed by atoms with Gasteiger partial charge in [-0.2, -0.15) is 0 Å².